The topological polar surface area (TPSA) is 89.7 Å². The molecular formula is C17H14ClF2N7O. The zero-order valence-electron chi connectivity index (χ0n) is 14.6. The van der Waals surface area contributed by atoms with Crippen LogP contribution in [-0.2, 0) is 6.42 Å². The molecule has 0 aliphatic carbocycles. The first-order chi connectivity index (χ1) is 13.5. The summed E-state index contributed by atoms with van der Waals surface area (Å²) in [6, 6.07) is 0.927. The van der Waals surface area contributed by atoms with Crippen LogP contribution in [0.4, 0.5) is 8.78 Å². The van der Waals surface area contributed by atoms with Gasteiger partial charge < -0.3 is 4.90 Å². The summed E-state index contributed by atoms with van der Waals surface area (Å²) in [7, 11) is 0. The Morgan fingerprint density at radius 1 is 1.29 bits per heavy atom. The van der Waals surface area contributed by atoms with Gasteiger partial charge in [0, 0.05) is 31.6 Å². The van der Waals surface area contributed by atoms with Crippen molar-refractivity contribution in [3.8, 4) is 5.82 Å². The standard InChI is InChI=1S/C17H14ClF2N7O/c1-9-14-11(27(25-24-14)12-8-21-5-6-22-12)3-7-26(9)17(28)10-2-4-23-15(13(10)18)16(19)20/h2,4-6,8-9,16H,3,7H2,1H3. The van der Waals surface area contributed by atoms with Gasteiger partial charge in [0.05, 0.1) is 28.5 Å². The number of amides is 1. The third kappa shape index (κ3) is 2.99. The number of nitrogens with zero attached hydrogens (tertiary/aromatic N) is 7. The summed E-state index contributed by atoms with van der Waals surface area (Å²) >= 11 is 6.01. The highest BCUT2D eigenvalue weighted by molar-refractivity contribution is 6.34. The van der Waals surface area contributed by atoms with E-state index in [2.05, 4.69) is 25.3 Å². The van der Waals surface area contributed by atoms with Gasteiger partial charge in [-0.2, -0.15) is 4.68 Å². The van der Waals surface area contributed by atoms with Crippen LogP contribution in [0.25, 0.3) is 5.82 Å². The van der Waals surface area contributed by atoms with Gasteiger partial charge in [-0.3, -0.25) is 14.8 Å². The van der Waals surface area contributed by atoms with Crippen molar-refractivity contribution < 1.29 is 13.6 Å². The zero-order chi connectivity index (χ0) is 19.8. The average molecular weight is 406 g/mol. The highest BCUT2D eigenvalue weighted by Gasteiger charge is 2.34. The van der Waals surface area contributed by atoms with Crippen LogP contribution in [0, 0.1) is 0 Å². The second-order valence-electron chi connectivity index (χ2n) is 6.18. The Bertz CT molecular complexity index is 1030. The Labute approximate surface area is 163 Å². The van der Waals surface area contributed by atoms with Gasteiger partial charge >= 0.3 is 0 Å². The summed E-state index contributed by atoms with van der Waals surface area (Å²) in [4.78, 5) is 26.3. The Balaban J connectivity index is 1.66. The van der Waals surface area contributed by atoms with Crippen molar-refractivity contribution in [3.05, 3.63) is 58.5 Å². The number of fused-ring (bicyclic) bond motifs is 1. The Kier molecular flexibility index (Phi) is 4.71. The minimum absolute atomic E-state index is 0.0106. The van der Waals surface area contributed by atoms with Crippen LogP contribution in [0.1, 0.15) is 46.8 Å². The van der Waals surface area contributed by atoms with Crippen molar-refractivity contribution in [3.63, 3.8) is 0 Å². The van der Waals surface area contributed by atoms with Gasteiger partial charge in [-0.05, 0) is 13.0 Å². The van der Waals surface area contributed by atoms with Gasteiger partial charge in [0.25, 0.3) is 12.3 Å². The molecule has 0 fully saturated rings. The van der Waals surface area contributed by atoms with E-state index in [0.717, 1.165) is 11.9 Å². The van der Waals surface area contributed by atoms with Crippen LogP contribution in [0.15, 0.2) is 30.9 Å². The first kappa shape index (κ1) is 18.4. The number of aromatic nitrogens is 6. The fraction of sp³-hybridized carbons (Fsp3) is 0.294. The van der Waals surface area contributed by atoms with Gasteiger partial charge in [-0.25, -0.2) is 13.8 Å². The number of hydrogen-bond donors (Lipinski definition) is 0. The number of rotatable bonds is 3. The SMILES string of the molecule is CC1c2nnn(-c3cnccn3)c2CCN1C(=O)c1ccnc(C(F)F)c1Cl. The molecule has 28 heavy (non-hydrogen) atoms. The highest BCUT2D eigenvalue weighted by atomic mass is 35.5. The van der Waals surface area contributed by atoms with Crippen LogP contribution in [0.5, 0.6) is 0 Å². The molecule has 0 N–H and O–H groups in total. The second kappa shape index (κ2) is 7.19. The minimum Gasteiger partial charge on any atom is -0.330 e. The van der Waals surface area contributed by atoms with E-state index in [1.165, 1.54) is 11.0 Å². The molecule has 1 atom stereocenters. The fourth-order valence-electron chi connectivity index (χ4n) is 3.23. The summed E-state index contributed by atoms with van der Waals surface area (Å²) in [5.74, 6) is 0.0727. The van der Waals surface area contributed by atoms with Crippen molar-refractivity contribution in [2.24, 2.45) is 0 Å². The predicted octanol–water partition coefficient (Wildman–Crippen LogP) is 2.80. The predicted molar refractivity (Wildman–Crippen MR) is 94.3 cm³/mol. The molecule has 0 bridgehead atoms. The number of pyridine rings is 1. The molecule has 0 radical (unpaired) electrons. The van der Waals surface area contributed by atoms with Crippen LogP contribution in [0.3, 0.4) is 0 Å². The Morgan fingerprint density at radius 3 is 2.82 bits per heavy atom. The molecule has 0 saturated heterocycles. The number of halogens is 3. The number of carbonyl (C=O) groups is 1. The molecule has 11 heteroatoms. The zero-order valence-corrected chi connectivity index (χ0v) is 15.4. The summed E-state index contributed by atoms with van der Waals surface area (Å²) in [5, 5.41) is 8.00. The van der Waals surface area contributed by atoms with E-state index in [-0.39, 0.29) is 10.6 Å². The van der Waals surface area contributed by atoms with E-state index in [4.69, 9.17) is 11.6 Å². The maximum Gasteiger partial charge on any atom is 0.281 e. The molecule has 144 valence electrons. The van der Waals surface area contributed by atoms with E-state index in [1.807, 2.05) is 0 Å². The third-order valence-electron chi connectivity index (χ3n) is 4.63. The molecule has 0 saturated carbocycles. The molecule has 1 amide bonds. The Morgan fingerprint density at radius 2 is 2.11 bits per heavy atom. The first-order valence-corrected chi connectivity index (χ1v) is 8.81. The summed E-state index contributed by atoms with van der Waals surface area (Å²) in [5.41, 5.74) is 0.825. The molecule has 1 aliphatic rings. The lowest BCUT2D eigenvalue weighted by molar-refractivity contribution is 0.0672. The molecule has 4 rings (SSSR count). The van der Waals surface area contributed by atoms with Crippen molar-refractivity contribution in [2.45, 2.75) is 25.8 Å². The summed E-state index contributed by atoms with van der Waals surface area (Å²) < 4.78 is 27.7. The lowest BCUT2D eigenvalue weighted by Gasteiger charge is -2.32. The van der Waals surface area contributed by atoms with Crippen LogP contribution >= 0.6 is 11.6 Å². The van der Waals surface area contributed by atoms with Gasteiger partial charge in [0.1, 0.15) is 11.4 Å². The number of carbonyl (C=O) groups excluding carboxylic acids is 1. The van der Waals surface area contributed by atoms with Crippen LogP contribution in [-0.4, -0.2) is 47.3 Å². The smallest absolute Gasteiger partial charge is 0.281 e. The first-order valence-electron chi connectivity index (χ1n) is 8.43. The molecule has 1 unspecified atom stereocenters. The monoisotopic (exact) mass is 405 g/mol. The molecular weight excluding hydrogens is 392 g/mol. The van der Waals surface area contributed by atoms with E-state index in [9.17, 15) is 13.6 Å². The molecule has 0 spiro atoms. The lowest BCUT2D eigenvalue weighted by atomic mass is 10.0. The quantitative estimate of drug-likeness (QED) is 0.665. The summed E-state index contributed by atoms with van der Waals surface area (Å²) in [6.45, 7) is 2.15. The molecule has 8 nitrogen and oxygen atoms in total. The van der Waals surface area contributed by atoms with Gasteiger partial charge in [0.15, 0.2) is 5.82 Å². The molecule has 1 aliphatic heterocycles. The maximum atomic E-state index is 13.0. The third-order valence-corrected chi connectivity index (χ3v) is 5.02. The fourth-order valence-corrected chi connectivity index (χ4v) is 3.51. The largest absolute Gasteiger partial charge is 0.330 e. The number of hydrogen-bond acceptors (Lipinski definition) is 6. The van der Waals surface area contributed by atoms with Crippen molar-refractivity contribution in [2.75, 3.05) is 6.54 Å². The van der Waals surface area contributed by atoms with E-state index >= 15 is 0 Å². The van der Waals surface area contributed by atoms with Gasteiger partial charge in [0.2, 0.25) is 0 Å². The summed E-state index contributed by atoms with van der Waals surface area (Å²) in [6.07, 6.45) is 3.45. The van der Waals surface area contributed by atoms with E-state index in [0.29, 0.717) is 24.5 Å². The molecule has 3 aromatic heterocycles. The van der Waals surface area contributed by atoms with Crippen LogP contribution in [0.2, 0.25) is 5.02 Å². The van der Waals surface area contributed by atoms with E-state index < -0.39 is 24.1 Å². The van der Waals surface area contributed by atoms with Crippen LogP contribution < -0.4 is 0 Å². The molecule has 0 aromatic carbocycles. The number of alkyl halides is 2. The second-order valence-corrected chi connectivity index (χ2v) is 6.56. The average Bonchev–Trinajstić information content (AvgIpc) is 3.13. The van der Waals surface area contributed by atoms with Crippen molar-refractivity contribution in [1.29, 1.82) is 0 Å². The highest BCUT2D eigenvalue weighted by Crippen LogP contribution is 2.33. The van der Waals surface area contributed by atoms with Gasteiger partial charge in [-0.15, -0.1) is 5.10 Å². The van der Waals surface area contributed by atoms with Crippen molar-refractivity contribution in [1.82, 2.24) is 34.8 Å². The normalized spacial score (nSPS) is 16.3. The maximum absolute atomic E-state index is 13.0. The lowest BCUT2D eigenvalue weighted by Crippen LogP contribution is -2.39. The van der Waals surface area contributed by atoms with Gasteiger partial charge in [-0.1, -0.05) is 16.8 Å². The minimum atomic E-state index is -2.86. The van der Waals surface area contributed by atoms with Crippen molar-refractivity contribution >= 4 is 17.5 Å². The molecule has 4 heterocycles. The Hall–Kier alpha value is -3.01. The van der Waals surface area contributed by atoms with E-state index in [1.54, 1.807) is 30.2 Å². The molecule has 3 aromatic rings.